The highest BCUT2D eigenvalue weighted by molar-refractivity contribution is 6.06. The van der Waals surface area contributed by atoms with Gasteiger partial charge < -0.3 is 24.4 Å². The molecule has 0 spiro atoms. The number of halogens is 6. The first-order valence-electron chi connectivity index (χ1n) is 16.6. The van der Waals surface area contributed by atoms with Crippen LogP contribution in [0.1, 0.15) is 37.7 Å². The third-order valence-corrected chi connectivity index (χ3v) is 10.6. The molecule has 4 atom stereocenters. The lowest BCUT2D eigenvalue weighted by atomic mass is 9.92. The minimum absolute atomic E-state index is 0.0560. The van der Waals surface area contributed by atoms with Crippen LogP contribution >= 0.6 is 0 Å². The molecule has 14 heteroatoms. The normalized spacial score (nSPS) is 24.7. The molecule has 0 radical (unpaired) electrons. The van der Waals surface area contributed by atoms with Crippen LogP contribution in [-0.2, 0) is 0 Å². The Labute approximate surface area is 283 Å². The molecule has 1 N–H and O–H groups in total. The van der Waals surface area contributed by atoms with Crippen LogP contribution in [0.5, 0.6) is 17.5 Å². The van der Waals surface area contributed by atoms with Crippen molar-refractivity contribution in [1.29, 1.82) is 0 Å². The number of methoxy groups -OCH3 is 1. The van der Waals surface area contributed by atoms with Gasteiger partial charge in [0, 0.05) is 49.1 Å². The van der Waals surface area contributed by atoms with E-state index >= 15 is 13.2 Å². The van der Waals surface area contributed by atoms with Crippen LogP contribution in [0.2, 0.25) is 0 Å². The average molecular weight is 698 g/mol. The van der Waals surface area contributed by atoms with Crippen molar-refractivity contribution in [3.8, 4) is 41.0 Å². The number of benzene rings is 3. The average Bonchev–Trinajstić information content (AvgIpc) is 3.73. The highest BCUT2D eigenvalue weighted by Crippen LogP contribution is 2.47. The summed E-state index contributed by atoms with van der Waals surface area (Å²) >= 11 is 0. The first-order valence-corrected chi connectivity index (χ1v) is 16.6. The summed E-state index contributed by atoms with van der Waals surface area (Å²) < 4.78 is 107. The molecule has 2 unspecified atom stereocenters. The predicted molar refractivity (Wildman–Crippen MR) is 174 cm³/mol. The first-order chi connectivity index (χ1) is 24.1. The number of hydrogen-bond acceptors (Lipinski definition) is 8. The molecule has 4 fully saturated rings. The van der Waals surface area contributed by atoms with Crippen molar-refractivity contribution in [1.82, 2.24) is 20.2 Å². The van der Waals surface area contributed by atoms with E-state index in [-0.39, 0.29) is 69.7 Å². The molecule has 0 amide bonds. The van der Waals surface area contributed by atoms with E-state index in [0.29, 0.717) is 26.1 Å². The van der Waals surface area contributed by atoms with Crippen LogP contribution < -0.4 is 24.4 Å². The predicted octanol–water partition coefficient (Wildman–Crippen LogP) is 6.35. The van der Waals surface area contributed by atoms with E-state index in [0.717, 1.165) is 37.9 Å². The Balaban J connectivity index is 1.36. The number of aromatic nitrogens is 2. The molecule has 0 saturated carbocycles. The van der Waals surface area contributed by atoms with E-state index in [1.165, 1.54) is 19.2 Å². The molecule has 1 aromatic heterocycles. The molecule has 50 heavy (non-hydrogen) atoms. The van der Waals surface area contributed by atoms with Crippen molar-refractivity contribution in [2.45, 2.75) is 62.5 Å². The van der Waals surface area contributed by atoms with Crippen LogP contribution in [0.3, 0.4) is 0 Å². The monoisotopic (exact) mass is 697 g/mol. The second-order valence-electron chi connectivity index (χ2n) is 13.5. The Morgan fingerprint density at radius 2 is 1.84 bits per heavy atom. The number of nitrogens with zero attached hydrogens (tertiary/aromatic N) is 4. The fourth-order valence-corrected chi connectivity index (χ4v) is 8.50. The number of rotatable bonds is 8. The summed E-state index contributed by atoms with van der Waals surface area (Å²) in [6, 6.07) is 4.49. The Morgan fingerprint density at radius 1 is 1.06 bits per heavy atom. The fourth-order valence-electron chi connectivity index (χ4n) is 8.50. The molecule has 2 bridgehead atoms. The van der Waals surface area contributed by atoms with Gasteiger partial charge in [0.05, 0.1) is 29.2 Å². The smallest absolute Gasteiger partial charge is 0.387 e. The van der Waals surface area contributed by atoms with Crippen LogP contribution in [0.4, 0.5) is 32.2 Å². The SMILES string of the molecule is C#Cc1c(F)ccc2cc(OC(F)F)cc(-c3c(F)c(OC)c4c(N5CC6CCC(C5)N6)nc(OC[C@@]56CCCN5C[C@H](F)C6)nc4c3F)c12. The Morgan fingerprint density at radius 3 is 2.56 bits per heavy atom. The maximum atomic E-state index is 17.2. The maximum Gasteiger partial charge on any atom is 0.387 e. The van der Waals surface area contributed by atoms with Gasteiger partial charge in [-0.05, 0) is 55.8 Å². The lowest BCUT2D eigenvalue weighted by Gasteiger charge is -2.35. The highest BCUT2D eigenvalue weighted by Gasteiger charge is 2.49. The van der Waals surface area contributed by atoms with Gasteiger partial charge in [0.2, 0.25) is 0 Å². The number of fused-ring (bicyclic) bond motifs is 5. The van der Waals surface area contributed by atoms with E-state index in [9.17, 15) is 13.2 Å². The van der Waals surface area contributed by atoms with E-state index in [1.54, 1.807) is 0 Å². The van der Waals surface area contributed by atoms with E-state index in [1.807, 2.05) is 4.90 Å². The quantitative estimate of drug-likeness (QED) is 0.169. The highest BCUT2D eigenvalue weighted by atomic mass is 19.3. The van der Waals surface area contributed by atoms with Crippen molar-refractivity contribution in [2.75, 3.05) is 44.8 Å². The third kappa shape index (κ3) is 5.33. The molecule has 0 aliphatic carbocycles. The molecular weight excluding hydrogens is 664 g/mol. The summed E-state index contributed by atoms with van der Waals surface area (Å²) in [6.07, 6.45) is 8.35. The summed E-state index contributed by atoms with van der Waals surface area (Å²) in [5.74, 6) is -1.67. The molecule has 4 aliphatic heterocycles. The molecule has 8 rings (SSSR count). The van der Waals surface area contributed by atoms with E-state index < -0.39 is 52.8 Å². The molecule has 4 aliphatic rings. The second-order valence-corrected chi connectivity index (χ2v) is 13.5. The number of anilines is 1. The summed E-state index contributed by atoms with van der Waals surface area (Å²) in [5, 5.41) is 3.48. The minimum Gasteiger partial charge on any atom is -0.493 e. The molecule has 4 aromatic rings. The summed E-state index contributed by atoms with van der Waals surface area (Å²) in [4.78, 5) is 13.1. The van der Waals surface area contributed by atoms with Gasteiger partial charge in [0.15, 0.2) is 17.4 Å². The summed E-state index contributed by atoms with van der Waals surface area (Å²) in [5.41, 5.74) is -2.34. The third-order valence-electron chi connectivity index (χ3n) is 10.6. The summed E-state index contributed by atoms with van der Waals surface area (Å²) in [7, 11) is 1.21. The van der Waals surface area contributed by atoms with Gasteiger partial charge in [-0.25, -0.2) is 17.6 Å². The molecule has 8 nitrogen and oxygen atoms in total. The van der Waals surface area contributed by atoms with Crippen molar-refractivity contribution in [3.05, 3.63) is 47.3 Å². The van der Waals surface area contributed by atoms with Crippen molar-refractivity contribution in [3.63, 3.8) is 0 Å². The lowest BCUT2D eigenvalue weighted by molar-refractivity contribution is -0.0497. The Bertz CT molecular complexity index is 2050. The number of ether oxygens (including phenoxy) is 3. The van der Waals surface area contributed by atoms with Crippen LogP contribution in [0, 0.1) is 29.8 Å². The van der Waals surface area contributed by atoms with Gasteiger partial charge in [-0.1, -0.05) is 12.0 Å². The standard InChI is InChI=1S/C36H33F6N5O3/c1-3-23-25(38)8-5-18-11-22(50-34(41)42)12-24(26(18)23)27-29(39)31-28(32(48-2)30(27)40)33(46-15-20-6-7-21(16-46)43-20)45-35(44-31)49-17-36-9-4-10-47(36)14-19(37)13-36/h1,5,8,11-12,19-21,34,43H,4,6-7,9-10,13-17H2,2H3/t19-,20?,21?,36+/m1/s1. The second kappa shape index (κ2) is 12.4. The number of terminal acetylenes is 1. The maximum absolute atomic E-state index is 17.2. The number of alkyl halides is 3. The fraction of sp³-hybridized carbons (Fsp3) is 0.444. The van der Waals surface area contributed by atoms with Gasteiger partial charge in [-0.3, -0.25) is 4.90 Å². The Kier molecular flexibility index (Phi) is 8.10. The zero-order valence-corrected chi connectivity index (χ0v) is 27.0. The van der Waals surface area contributed by atoms with Gasteiger partial charge >= 0.3 is 12.6 Å². The van der Waals surface area contributed by atoms with Crippen LogP contribution in [-0.4, -0.2) is 85.2 Å². The lowest BCUT2D eigenvalue weighted by Crippen LogP contribution is -2.51. The van der Waals surface area contributed by atoms with Gasteiger partial charge in [-0.15, -0.1) is 6.42 Å². The van der Waals surface area contributed by atoms with Gasteiger partial charge in [0.25, 0.3) is 0 Å². The van der Waals surface area contributed by atoms with Gasteiger partial charge in [0.1, 0.15) is 35.7 Å². The largest absolute Gasteiger partial charge is 0.493 e. The summed E-state index contributed by atoms with van der Waals surface area (Å²) in [6.45, 7) is -1.21. The Hall–Kier alpha value is -4.48. The first kappa shape index (κ1) is 32.7. The minimum atomic E-state index is -3.26. The molecular formula is C36H33F6N5O3. The van der Waals surface area contributed by atoms with Crippen molar-refractivity contribution in [2.24, 2.45) is 0 Å². The molecule has 4 saturated heterocycles. The van der Waals surface area contributed by atoms with Crippen molar-refractivity contribution < 1.29 is 40.6 Å². The number of nitrogens with one attached hydrogen (secondary N) is 1. The molecule has 5 heterocycles. The van der Waals surface area contributed by atoms with Gasteiger partial charge in [-0.2, -0.15) is 18.7 Å². The molecule has 262 valence electrons. The zero-order valence-electron chi connectivity index (χ0n) is 27.0. The van der Waals surface area contributed by atoms with Crippen LogP contribution in [0.15, 0.2) is 24.3 Å². The topological polar surface area (TPSA) is 72.0 Å². The number of hydrogen-bond donors (Lipinski definition) is 1. The molecule has 3 aromatic carbocycles. The van der Waals surface area contributed by atoms with Crippen molar-refractivity contribution >= 4 is 27.5 Å². The van der Waals surface area contributed by atoms with Crippen LogP contribution in [0.25, 0.3) is 32.8 Å². The van der Waals surface area contributed by atoms with E-state index in [4.69, 9.17) is 20.9 Å². The van der Waals surface area contributed by atoms with E-state index in [2.05, 4.69) is 25.9 Å². The zero-order chi connectivity index (χ0) is 34.9. The number of piperazine rings is 1.